The molecule has 17 heavy (non-hydrogen) atoms. The normalized spacial score (nSPS) is 10.2. The zero-order valence-electron chi connectivity index (χ0n) is 8.78. The predicted molar refractivity (Wildman–Crippen MR) is 51.2 cm³/mol. The van der Waals surface area contributed by atoms with Gasteiger partial charge in [-0.3, -0.25) is 4.79 Å². The van der Waals surface area contributed by atoms with E-state index in [1.54, 1.807) is 0 Å². The summed E-state index contributed by atoms with van der Waals surface area (Å²) in [6.07, 6.45) is -0.0963. The summed E-state index contributed by atoms with van der Waals surface area (Å²) >= 11 is 0. The van der Waals surface area contributed by atoms with Crippen molar-refractivity contribution in [2.45, 2.75) is 6.42 Å². The maximum absolute atomic E-state index is 13.0. The lowest BCUT2D eigenvalue weighted by Crippen LogP contribution is -2.21. The van der Waals surface area contributed by atoms with E-state index in [0.29, 0.717) is 0 Å². The highest BCUT2D eigenvalue weighted by molar-refractivity contribution is 5.76. The quantitative estimate of drug-likeness (QED) is 0.624. The molecule has 0 aliphatic heterocycles. The van der Waals surface area contributed by atoms with Crippen LogP contribution in [0.1, 0.15) is 6.42 Å². The van der Waals surface area contributed by atoms with Crippen molar-refractivity contribution in [1.29, 1.82) is 0 Å². The molecule has 1 aromatic heterocycles. The SMILES string of the molecule is CNC(=O)CCNc1c(F)c(F)nc(F)c1F. The van der Waals surface area contributed by atoms with Crippen molar-refractivity contribution in [2.75, 3.05) is 18.9 Å². The minimum Gasteiger partial charge on any atom is -0.379 e. The van der Waals surface area contributed by atoms with Crippen LogP contribution in [0.3, 0.4) is 0 Å². The van der Waals surface area contributed by atoms with Crippen molar-refractivity contribution in [2.24, 2.45) is 0 Å². The first-order valence-corrected chi connectivity index (χ1v) is 4.61. The summed E-state index contributed by atoms with van der Waals surface area (Å²) in [6.45, 7) is -0.170. The monoisotopic (exact) mass is 251 g/mol. The van der Waals surface area contributed by atoms with Crippen molar-refractivity contribution in [3.05, 3.63) is 23.5 Å². The molecule has 0 saturated heterocycles. The Balaban J connectivity index is 2.80. The Bertz CT molecular complexity index is 412. The maximum Gasteiger partial charge on any atom is 0.253 e. The van der Waals surface area contributed by atoms with E-state index in [-0.39, 0.29) is 18.9 Å². The van der Waals surface area contributed by atoms with Gasteiger partial charge in [-0.2, -0.15) is 22.5 Å². The first-order chi connectivity index (χ1) is 7.97. The number of anilines is 1. The van der Waals surface area contributed by atoms with E-state index in [9.17, 15) is 22.4 Å². The highest BCUT2D eigenvalue weighted by Gasteiger charge is 2.20. The second kappa shape index (κ2) is 5.46. The van der Waals surface area contributed by atoms with Gasteiger partial charge in [0, 0.05) is 20.0 Å². The van der Waals surface area contributed by atoms with Crippen molar-refractivity contribution in [3.63, 3.8) is 0 Å². The van der Waals surface area contributed by atoms with Crippen LogP contribution in [0.15, 0.2) is 0 Å². The average Bonchev–Trinajstić information content (AvgIpc) is 2.30. The van der Waals surface area contributed by atoms with Gasteiger partial charge in [-0.15, -0.1) is 0 Å². The molecule has 0 unspecified atom stereocenters. The molecule has 1 aromatic rings. The second-order valence-corrected chi connectivity index (χ2v) is 3.05. The van der Waals surface area contributed by atoms with Crippen molar-refractivity contribution < 1.29 is 22.4 Å². The Morgan fingerprint density at radius 1 is 1.18 bits per heavy atom. The summed E-state index contributed by atoms with van der Waals surface area (Å²) in [5, 5.41) is 4.37. The van der Waals surface area contributed by atoms with Crippen molar-refractivity contribution in [3.8, 4) is 0 Å². The molecule has 0 aromatic carbocycles. The lowest BCUT2D eigenvalue weighted by atomic mass is 10.3. The fraction of sp³-hybridized carbons (Fsp3) is 0.333. The average molecular weight is 251 g/mol. The fourth-order valence-corrected chi connectivity index (χ4v) is 1.07. The number of rotatable bonds is 4. The van der Waals surface area contributed by atoms with Crippen LogP contribution in [0, 0.1) is 23.5 Å². The van der Waals surface area contributed by atoms with Crippen LogP contribution < -0.4 is 10.6 Å². The molecule has 4 nitrogen and oxygen atoms in total. The van der Waals surface area contributed by atoms with Crippen molar-refractivity contribution in [1.82, 2.24) is 10.3 Å². The van der Waals surface area contributed by atoms with Gasteiger partial charge in [0.2, 0.25) is 17.5 Å². The Hall–Kier alpha value is -1.86. The lowest BCUT2D eigenvalue weighted by molar-refractivity contribution is -0.120. The van der Waals surface area contributed by atoms with E-state index >= 15 is 0 Å². The van der Waals surface area contributed by atoms with E-state index in [1.807, 2.05) is 0 Å². The largest absolute Gasteiger partial charge is 0.379 e. The smallest absolute Gasteiger partial charge is 0.253 e. The molecule has 0 atom stereocenters. The van der Waals surface area contributed by atoms with E-state index < -0.39 is 29.2 Å². The van der Waals surface area contributed by atoms with Gasteiger partial charge >= 0.3 is 0 Å². The van der Waals surface area contributed by atoms with E-state index in [2.05, 4.69) is 15.6 Å². The second-order valence-electron chi connectivity index (χ2n) is 3.05. The van der Waals surface area contributed by atoms with Gasteiger partial charge in [-0.25, -0.2) is 0 Å². The predicted octanol–water partition coefficient (Wildman–Crippen LogP) is 1.19. The third-order valence-corrected chi connectivity index (χ3v) is 1.93. The molecular weight excluding hydrogens is 242 g/mol. The third-order valence-electron chi connectivity index (χ3n) is 1.93. The van der Waals surface area contributed by atoms with Gasteiger partial charge in [0.25, 0.3) is 11.9 Å². The summed E-state index contributed by atoms with van der Waals surface area (Å²) < 4.78 is 51.4. The summed E-state index contributed by atoms with van der Waals surface area (Å²) in [7, 11) is 1.38. The molecule has 1 heterocycles. The molecule has 1 rings (SSSR count). The highest BCUT2D eigenvalue weighted by Crippen LogP contribution is 2.21. The molecule has 0 aliphatic rings. The van der Waals surface area contributed by atoms with E-state index in [0.717, 1.165) is 0 Å². The first-order valence-electron chi connectivity index (χ1n) is 4.61. The molecule has 1 amide bonds. The standard InChI is InChI=1S/C9H9F4N3O/c1-14-4(17)2-3-15-7-5(10)8(12)16-9(13)6(7)11/h2-3H2,1H3,(H,14,17)(H,15,16). The van der Waals surface area contributed by atoms with Gasteiger partial charge in [0.15, 0.2) is 0 Å². The number of hydrogen-bond donors (Lipinski definition) is 2. The number of pyridine rings is 1. The molecule has 8 heteroatoms. The Morgan fingerprint density at radius 2 is 1.71 bits per heavy atom. The number of hydrogen-bond acceptors (Lipinski definition) is 3. The van der Waals surface area contributed by atoms with Gasteiger partial charge in [-0.1, -0.05) is 0 Å². The number of carbonyl (C=O) groups is 1. The molecule has 0 radical (unpaired) electrons. The van der Waals surface area contributed by atoms with Crippen LogP contribution in [0.2, 0.25) is 0 Å². The van der Waals surface area contributed by atoms with Crippen LogP contribution in [-0.4, -0.2) is 24.5 Å². The number of nitrogens with one attached hydrogen (secondary N) is 2. The van der Waals surface area contributed by atoms with Crippen LogP contribution in [0.5, 0.6) is 0 Å². The maximum atomic E-state index is 13.0. The summed E-state index contributed by atoms with van der Waals surface area (Å²) in [6, 6.07) is 0. The number of nitrogens with zero attached hydrogens (tertiary/aromatic N) is 1. The number of aromatic nitrogens is 1. The topological polar surface area (TPSA) is 54.0 Å². The number of halogens is 4. The Morgan fingerprint density at radius 3 is 2.18 bits per heavy atom. The molecule has 0 spiro atoms. The Labute approximate surface area is 94.0 Å². The number of amides is 1. The fourth-order valence-electron chi connectivity index (χ4n) is 1.07. The molecule has 0 aliphatic carbocycles. The third kappa shape index (κ3) is 3.05. The molecule has 2 N–H and O–H groups in total. The minimum atomic E-state index is -1.74. The molecule has 0 fully saturated rings. The Kier molecular flexibility index (Phi) is 4.24. The van der Waals surface area contributed by atoms with Gasteiger partial charge in [0.05, 0.1) is 0 Å². The van der Waals surface area contributed by atoms with E-state index in [1.165, 1.54) is 7.05 Å². The first kappa shape index (κ1) is 13.2. The zero-order chi connectivity index (χ0) is 13.0. The highest BCUT2D eigenvalue weighted by atomic mass is 19.2. The van der Waals surface area contributed by atoms with Crippen LogP contribution in [-0.2, 0) is 4.79 Å². The van der Waals surface area contributed by atoms with Crippen molar-refractivity contribution >= 4 is 11.6 Å². The van der Waals surface area contributed by atoms with Crippen LogP contribution in [0.4, 0.5) is 23.2 Å². The summed E-state index contributed by atoms with van der Waals surface area (Å²) in [5.41, 5.74) is -0.973. The number of carbonyl (C=O) groups excluding carboxylic acids is 1. The minimum absolute atomic E-state index is 0.0963. The zero-order valence-corrected chi connectivity index (χ0v) is 8.78. The van der Waals surface area contributed by atoms with Gasteiger partial charge in [0.1, 0.15) is 5.69 Å². The van der Waals surface area contributed by atoms with Crippen LogP contribution in [0.25, 0.3) is 0 Å². The van der Waals surface area contributed by atoms with Crippen LogP contribution >= 0.6 is 0 Å². The van der Waals surface area contributed by atoms with Gasteiger partial charge in [-0.05, 0) is 0 Å². The molecule has 94 valence electrons. The van der Waals surface area contributed by atoms with E-state index in [4.69, 9.17) is 0 Å². The molecule has 0 bridgehead atoms. The summed E-state index contributed by atoms with van der Waals surface area (Å²) in [4.78, 5) is 13.2. The lowest BCUT2D eigenvalue weighted by Gasteiger charge is -2.08. The summed E-state index contributed by atoms with van der Waals surface area (Å²) in [5.74, 6) is -7.12. The molecule has 0 saturated carbocycles. The molecular formula is C9H9F4N3O. The van der Waals surface area contributed by atoms with Gasteiger partial charge < -0.3 is 10.6 Å².